The van der Waals surface area contributed by atoms with Crippen LogP contribution in [0.1, 0.15) is 35.7 Å². The van der Waals surface area contributed by atoms with Crippen LogP contribution in [0.2, 0.25) is 0 Å². The van der Waals surface area contributed by atoms with Gasteiger partial charge in [0.1, 0.15) is 5.75 Å². The van der Waals surface area contributed by atoms with Crippen molar-refractivity contribution in [1.29, 1.82) is 0 Å². The molecule has 0 saturated carbocycles. The number of benzene rings is 3. The minimum absolute atomic E-state index is 0.0958. The maximum atomic E-state index is 12.5. The van der Waals surface area contributed by atoms with Gasteiger partial charge in [0.05, 0.1) is 18.8 Å². The second kappa shape index (κ2) is 12.9. The molecule has 0 atom stereocenters. The highest BCUT2D eigenvalue weighted by Gasteiger charge is 2.09. The molecular formula is C27H31N3O3. The maximum absolute atomic E-state index is 12.5. The van der Waals surface area contributed by atoms with Gasteiger partial charge in [-0.3, -0.25) is 9.59 Å². The van der Waals surface area contributed by atoms with Gasteiger partial charge in [-0.2, -0.15) is 0 Å². The number of amides is 2. The highest BCUT2D eigenvalue weighted by Crippen LogP contribution is 2.24. The van der Waals surface area contributed by atoms with Gasteiger partial charge in [-0.15, -0.1) is 0 Å². The van der Waals surface area contributed by atoms with Gasteiger partial charge in [0.15, 0.2) is 0 Å². The first-order valence-corrected chi connectivity index (χ1v) is 11.3. The Morgan fingerprint density at radius 3 is 2.36 bits per heavy atom. The number of carbonyl (C=O) groups excluding carboxylic acids is 2. The number of hydrogen-bond donors (Lipinski definition) is 3. The summed E-state index contributed by atoms with van der Waals surface area (Å²) in [5.41, 5.74) is 3.29. The average Bonchev–Trinajstić information content (AvgIpc) is 2.86. The van der Waals surface area contributed by atoms with Crippen LogP contribution >= 0.6 is 0 Å². The van der Waals surface area contributed by atoms with Crippen molar-refractivity contribution < 1.29 is 14.3 Å². The predicted octanol–water partition coefficient (Wildman–Crippen LogP) is 4.89. The molecule has 2 amide bonds. The van der Waals surface area contributed by atoms with Crippen molar-refractivity contribution in [1.82, 2.24) is 5.32 Å². The third-order valence-corrected chi connectivity index (χ3v) is 5.01. The number of rotatable bonds is 12. The Morgan fingerprint density at radius 1 is 0.879 bits per heavy atom. The Kier molecular flexibility index (Phi) is 9.33. The van der Waals surface area contributed by atoms with E-state index in [1.54, 1.807) is 24.3 Å². The highest BCUT2D eigenvalue weighted by atomic mass is 16.5. The summed E-state index contributed by atoms with van der Waals surface area (Å²) in [6.45, 7) is 3.33. The molecule has 172 valence electrons. The van der Waals surface area contributed by atoms with Crippen LogP contribution in [0.25, 0.3) is 0 Å². The first kappa shape index (κ1) is 23.9. The molecule has 0 aromatic heterocycles. The zero-order chi connectivity index (χ0) is 23.3. The van der Waals surface area contributed by atoms with Crippen molar-refractivity contribution in [2.24, 2.45) is 0 Å². The maximum Gasteiger partial charge on any atom is 0.251 e. The van der Waals surface area contributed by atoms with E-state index in [-0.39, 0.29) is 18.4 Å². The molecule has 0 radical (unpaired) electrons. The zero-order valence-corrected chi connectivity index (χ0v) is 19.0. The minimum Gasteiger partial charge on any atom is -0.491 e. The number of anilines is 2. The smallest absolute Gasteiger partial charge is 0.251 e. The molecule has 0 fully saturated rings. The molecule has 0 aliphatic heterocycles. The van der Waals surface area contributed by atoms with E-state index in [4.69, 9.17) is 4.74 Å². The van der Waals surface area contributed by atoms with Gasteiger partial charge in [-0.25, -0.2) is 0 Å². The van der Waals surface area contributed by atoms with Crippen molar-refractivity contribution in [2.75, 3.05) is 30.3 Å². The standard InChI is InChI=1S/C27H31N3O3/c1-2-18-28-27(32)22-14-16-23(17-15-22)29-20-26(31)30-24-12-6-7-13-25(24)33-19-8-11-21-9-4-3-5-10-21/h3-7,9-10,12-17,29H,2,8,11,18-20H2,1H3,(H,28,32)(H,30,31). The molecule has 0 bridgehead atoms. The predicted molar refractivity (Wildman–Crippen MR) is 133 cm³/mol. The zero-order valence-electron chi connectivity index (χ0n) is 19.0. The first-order valence-electron chi connectivity index (χ1n) is 11.3. The van der Waals surface area contributed by atoms with Crippen molar-refractivity contribution in [3.8, 4) is 5.75 Å². The molecule has 6 heteroatoms. The molecule has 0 aliphatic rings. The molecule has 3 aromatic rings. The Hall–Kier alpha value is -3.80. The lowest BCUT2D eigenvalue weighted by molar-refractivity contribution is -0.114. The molecule has 0 spiro atoms. The van der Waals surface area contributed by atoms with Crippen LogP contribution in [0.5, 0.6) is 5.75 Å². The lowest BCUT2D eigenvalue weighted by atomic mass is 10.1. The van der Waals surface area contributed by atoms with E-state index < -0.39 is 0 Å². The van der Waals surface area contributed by atoms with E-state index in [2.05, 4.69) is 28.1 Å². The summed E-state index contributed by atoms with van der Waals surface area (Å²) < 4.78 is 5.91. The SMILES string of the molecule is CCCNC(=O)c1ccc(NCC(=O)Nc2ccccc2OCCCc2ccccc2)cc1. The Labute approximate surface area is 195 Å². The lowest BCUT2D eigenvalue weighted by Gasteiger charge is -2.13. The summed E-state index contributed by atoms with van der Waals surface area (Å²) in [7, 11) is 0. The van der Waals surface area contributed by atoms with E-state index in [9.17, 15) is 9.59 Å². The van der Waals surface area contributed by atoms with Gasteiger partial charge in [0, 0.05) is 17.8 Å². The van der Waals surface area contributed by atoms with Crippen LogP contribution in [-0.4, -0.2) is 31.5 Å². The molecule has 33 heavy (non-hydrogen) atoms. The number of carbonyl (C=O) groups is 2. The van der Waals surface area contributed by atoms with Crippen molar-refractivity contribution in [2.45, 2.75) is 26.2 Å². The molecule has 3 rings (SSSR count). The fourth-order valence-electron chi connectivity index (χ4n) is 3.26. The van der Waals surface area contributed by atoms with E-state index in [1.165, 1.54) is 5.56 Å². The highest BCUT2D eigenvalue weighted by molar-refractivity contribution is 5.96. The van der Waals surface area contributed by atoms with Crippen LogP contribution < -0.4 is 20.7 Å². The van der Waals surface area contributed by atoms with E-state index >= 15 is 0 Å². The lowest BCUT2D eigenvalue weighted by Crippen LogP contribution is -2.24. The van der Waals surface area contributed by atoms with Crippen LogP contribution in [0, 0.1) is 0 Å². The normalized spacial score (nSPS) is 10.3. The minimum atomic E-state index is -0.180. The molecule has 6 nitrogen and oxygen atoms in total. The third-order valence-electron chi connectivity index (χ3n) is 5.01. The molecule has 0 saturated heterocycles. The van der Waals surface area contributed by atoms with Gasteiger partial charge in [-0.1, -0.05) is 49.4 Å². The van der Waals surface area contributed by atoms with Crippen molar-refractivity contribution >= 4 is 23.2 Å². The molecule has 0 heterocycles. The molecule has 0 aliphatic carbocycles. The van der Waals surface area contributed by atoms with Crippen LogP contribution in [0.4, 0.5) is 11.4 Å². The second-order valence-electron chi connectivity index (χ2n) is 7.67. The van der Waals surface area contributed by atoms with Gasteiger partial charge < -0.3 is 20.7 Å². The van der Waals surface area contributed by atoms with E-state index in [1.807, 2.05) is 49.4 Å². The average molecular weight is 446 g/mol. The first-order chi connectivity index (χ1) is 16.2. The number of aryl methyl sites for hydroxylation is 1. The summed E-state index contributed by atoms with van der Waals surface area (Å²) in [4.78, 5) is 24.4. The van der Waals surface area contributed by atoms with Gasteiger partial charge in [0.2, 0.25) is 5.91 Å². The third kappa shape index (κ3) is 8.00. The van der Waals surface area contributed by atoms with Crippen molar-refractivity contribution in [3.05, 3.63) is 90.0 Å². The summed E-state index contributed by atoms with van der Waals surface area (Å²) in [6.07, 6.45) is 2.72. The topological polar surface area (TPSA) is 79.5 Å². The number of nitrogens with one attached hydrogen (secondary N) is 3. The van der Waals surface area contributed by atoms with Gasteiger partial charge >= 0.3 is 0 Å². The second-order valence-corrected chi connectivity index (χ2v) is 7.67. The fourth-order valence-corrected chi connectivity index (χ4v) is 3.26. The molecule has 3 N–H and O–H groups in total. The summed E-state index contributed by atoms with van der Waals surface area (Å²) in [6, 6.07) is 24.8. The largest absolute Gasteiger partial charge is 0.491 e. The fraction of sp³-hybridized carbons (Fsp3) is 0.259. The van der Waals surface area contributed by atoms with Crippen molar-refractivity contribution in [3.63, 3.8) is 0 Å². The van der Waals surface area contributed by atoms with Crippen LogP contribution in [0.3, 0.4) is 0 Å². The monoisotopic (exact) mass is 445 g/mol. The Morgan fingerprint density at radius 2 is 1.61 bits per heavy atom. The summed E-state index contributed by atoms with van der Waals surface area (Å²) in [5, 5.41) is 8.82. The van der Waals surface area contributed by atoms with Gasteiger partial charge in [-0.05, 0) is 61.2 Å². The molecule has 0 unspecified atom stereocenters. The number of para-hydroxylation sites is 2. The summed E-state index contributed by atoms with van der Waals surface area (Å²) in [5.74, 6) is 0.378. The Bertz CT molecular complexity index is 1020. The number of ether oxygens (including phenoxy) is 1. The number of hydrogen-bond acceptors (Lipinski definition) is 4. The molecule has 3 aromatic carbocycles. The summed E-state index contributed by atoms with van der Waals surface area (Å²) >= 11 is 0. The van der Waals surface area contributed by atoms with Gasteiger partial charge in [0.25, 0.3) is 5.91 Å². The van der Waals surface area contributed by atoms with Crippen LogP contribution in [-0.2, 0) is 11.2 Å². The van der Waals surface area contributed by atoms with Crippen LogP contribution in [0.15, 0.2) is 78.9 Å². The van der Waals surface area contributed by atoms with E-state index in [0.29, 0.717) is 30.2 Å². The quantitative estimate of drug-likeness (QED) is 0.347. The van der Waals surface area contributed by atoms with E-state index in [0.717, 1.165) is 24.9 Å². The molecular weight excluding hydrogens is 414 g/mol. The Balaban J connectivity index is 1.45.